The second-order valence-corrected chi connectivity index (χ2v) is 18.7. The Kier molecular flexibility index (Phi) is 7.03. The Labute approximate surface area is 266 Å². The van der Waals surface area contributed by atoms with E-state index < -0.39 is 22.8 Å². The molecule has 0 amide bonds. The van der Waals surface area contributed by atoms with Crippen molar-refractivity contribution in [2.45, 2.75) is 126 Å². The first-order valence-corrected chi connectivity index (χ1v) is 18.5. The first-order valence-electron chi connectivity index (χ1n) is 18.5. The third-order valence-electron chi connectivity index (χ3n) is 16.4. The van der Waals surface area contributed by atoms with Gasteiger partial charge in [0.2, 0.25) is 0 Å². The van der Waals surface area contributed by atoms with Crippen molar-refractivity contribution in [3.05, 3.63) is 22.8 Å². The third-order valence-corrected chi connectivity index (χ3v) is 16.4. The van der Waals surface area contributed by atoms with E-state index in [1.165, 1.54) is 25.7 Å². The molecular weight excluding hydrogens is 544 g/mol. The number of allylic oxidation sites excluding steroid dienone is 4. The third kappa shape index (κ3) is 3.81. The van der Waals surface area contributed by atoms with E-state index in [1.807, 2.05) is 0 Å². The Morgan fingerprint density at radius 1 is 0.795 bits per heavy atom. The molecule has 4 fully saturated rings. The zero-order valence-corrected chi connectivity index (χ0v) is 28.9. The average molecular weight is 605 g/mol. The van der Waals surface area contributed by atoms with Crippen LogP contribution in [0.3, 0.4) is 0 Å². The van der Waals surface area contributed by atoms with Gasteiger partial charge in [-0.2, -0.15) is 0 Å². The van der Waals surface area contributed by atoms with Gasteiger partial charge in [0.15, 0.2) is 0 Å². The molecule has 0 bridgehead atoms. The van der Waals surface area contributed by atoms with Gasteiger partial charge in [-0.05, 0) is 159 Å². The van der Waals surface area contributed by atoms with E-state index in [0.29, 0.717) is 53.3 Å². The van der Waals surface area contributed by atoms with Gasteiger partial charge in [0.25, 0.3) is 0 Å². The molecule has 13 atom stereocenters. The molecule has 44 heavy (non-hydrogen) atoms. The summed E-state index contributed by atoms with van der Waals surface area (Å²) in [5, 5.41) is 21.5. The Morgan fingerprint density at radius 3 is 2.05 bits per heavy atom. The summed E-state index contributed by atoms with van der Waals surface area (Å²) < 4.78 is 0. The molecule has 0 radical (unpaired) electrons. The predicted molar refractivity (Wildman–Crippen MR) is 175 cm³/mol. The molecule has 13 unspecified atom stereocenters. The van der Waals surface area contributed by atoms with E-state index in [1.54, 1.807) is 16.7 Å². The van der Waals surface area contributed by atoms with Gasteiger partial charge in [0.05, 0.1) is 10.8 Å². The Bertz CT molecular complexity index is 1310. The number of fused-ring (bicyclic) bond motifs is 6. The van der Waals surface area contributed by atoms with Gasteiger partial charge in [0.1, 0.15) is 0 Å². The minimum absolute atomic E-state index is 0.00279. The van der Waals surface area contributed by atoms with E-state index in [4.69, 9.17) is 0 Å². The lowest BCUT2D eigenvalue weighted by Gasteiger charge is -2.69. The highest BCUT2D eigenvalue weighted by Crippen LogP contribution is 2.74. The molecule has 0 heterocycles. The summed E-state index contributed by atoms with van der Waals surface area (Å²) in [4.78, 5) is 26.2. The molecule has 244 valence electrons. The van der Waals surface area contributed by atoms with Crippen LogP contribution in [0, 0.1) is 86.8 Å². The fraction of sp³-hybridized carbons (Fsp3) is 0.850. The molecule has 4 heteroatoms. The number of carboxylic acid groups (broad SMARTS) is 2. The SMILES string of the molecule is CC(C)C1CCC2C3=C1C1=CC4C(C)(C(=O)O)CCCC4(C)C4CCC(C(C)C)C(C3CC3C(C)(C(=O)O)CCCC23C)C14. The van der Waals surface area contributed by atoms with Gasteiger partial charge < -0.3 is 10.2 Å². The van der Waals surface area contributed by atoms with E-state index >= 15 is 0 Å². The smallest absolute Gasteiger partial charge is 0.309 e. The van der Waals surface area contributed by atoms with Crippen LogP contribution in [0.2, 0.25) is 0 Å². The molecule has 4 saturated carbocycles. The lowest BCUT2D eigenvalue weighted by atomic mass is 9.35. The first kappa shape index (κ1) is 31.0. The predicted octanol–water partition coefficient (Wildman–Crippen LogP) is 9.65. The second kappa shape index (κ2) is 9.96. The number of hydrogen-bond donors (Lipinski definition) is 2. The van der Waals surface area contributed by atoms with Gasteiger partial charge in [-0.1, -0.05) is 66.0 Å². The first-order chi connectivity index (χ1) is 20.6. The molecule has 0 spiro atoms. The maximum atomic E-state index is 13.1. The molecule has 0 saturated heterocycles. The topological polar surface area (TPSA) is 74.6 Å². The fourth-order valence-corrected chi connectivity index (χ4v) is 14.3. The summed E-state index contributed by atoms with van der Waals surface area (Å²) >= 11 is 0. The summed E-state index contributed by atoms with van der Waals surface area (Å²) in [6, 6.07) is 0. The largest absolute Gasteiger partial charge is 0.481 e. The highest BCUT2D eigenvalue weighted by molar-refractivity contribution is 5.76. The van der Waals surface area contributed by atoms with Crippen molar-refractivity contribution in [3.8, 4) is 0 Å². The minimum Gasteiger partial charge on any atom is -0.481 e. The number of carbonyl (C=O) groups is 2. The molecule has 2 N–H and O–H groups in total. The summed E-state index contributed by atoms with van der Waals surface area (Å²) in [7, 11) is 0. The molecule has 0 aromatic heterocycles. The van der Waals surface area contributed by atoms with Crippen LogP contribution in [-0.2, 0) is 9.59 Å². The average Bonchev–Trinajstić information content (AvgIpc) is 2.95. The van der Waals surface area contributed by atoms with Crippen molar-refractivity contribution in [1.82, 2.24) is 0 Å². The number of rotatable bonds is 4. The second-order valence-electron chi connectivity index (χ2n) is 18.7. The summed E-state index contributed by atoms with van der Waals surface area (Å²) in [5.41, 5.74) is 3.66. The molecule has 7 rings (SSSR count). The maximum absolute atomic E-state index is 13.1. The molecular formula is C40H60O4. The van der Waals surface area contributed by atoms with Crippen molar-refractivity contribution in [3.63, 3.8) is 0 Å². The van der Waals surface area contributed by atoms with Gasteiger partial charge in [-0.3, -0.25) is 9.59 Å². The summed E-state index contributed by atoms with van der Waals surface area (Å²) in [5.74, 6) is 3.89. The fourth-order valence-electron chi connectivity index (χ4n) is 14.3. The van der Waals surface area contributed by atoms with Crippen LogP contribution in [0.4, 0.5) is 0 Å². The van der Waals surface area contributed by atoms with Crippen molar-refractivity contribution in [2.24, 2.45) is 86.8 Å². The molecule has 7 aliphatic carbocycles. The summed E-state index contributed by atoms with van der Waals surface area (Å²) in [6.07, 6.45) is 14.3. The van der Waals surface area contributed by atoms with Crippen LogP contribution >= 0.6 is 0 Å². The van der Waals surface area contributed by atoms with Gasteiger partial charge >= 0.3 is 11.9 Å². The molecule has 0 aliphatic heterocycles. The highest BCUT2D eigenvalue weighted by atomic mass is 16.4. The maximum Gasteiger partial charge on any atom is 0.309 e. The van der Waals surface area contributed by atoms with Crippen molar-refractivity contribution >= 4 is 11.9 Å². The van der Waals surface area contributed by atoms with Gasteiger partial charge in [-0.15, -0.1) is 0 Å². The lowest BCUT2D eigenvalue weighted by molar-refractivity contribution is -0.173. The van der Waals surface area contributed by atoms with Crippen molar-refractivity contribution in [1.29, 1.82) is 0 Å². The van der Waals surface area contributed by atoms with Crippen LogP contribution in [0.25, 0.3) is 0 Å². The molecule has 4 nitrogen and oxygen atoms in total. The van der Waals surface area contributed by atoms with Crippen LogP contribution in [-0.4, -0.2) is 22.2 Å². The minimum atomic E-state index is -0.713. The Hall–Kier alpha value is -1.58. The van der Waals surface area contributed by atoms with E-state index in [-0.39, 0.29) is 22.7 Å². The van der Waals surface area contributed by atoms with E-state index in [9.17, 15) is 19.8 Å². The zero-order valence-electron chi connectivity index (χ0n) is 28.9. The van der Waals surface area contributed by atoms with Crippen molar-refractivity contribution < 1.29 is 19.8 Å². The van der Waals surface area contributed by atoms with Crippen LogP contribution in [0.5, 0.6) is 0 Å². The number of carboxylic acids is 2. The molecule has 0 aromatic carbocycles. The number of hydrogen-bond acceptors (Lipinski definition) is 2. The summed E-state index contributed by atoms with van der Waals surface area (Å²) in [6.45, 7) is 18.9. The number of aliphatic carboxylic acids is 2. The molecule has 7 aliphatic rings. The zero-order chi connectivity index (χ0) is 31.7. The van der Waals surface area contributed by atoms with Gasteiger partial charge in [-0.25, -0.2) is 0 Å². The molecule has 0 aromatic rings. The normalized spacial score (nSPS) is 51.1. The van der Waals surface area contributed by atoms with E-state index in [2.05, 4.69) is 61.5 Å². The Morgan fingerprint density at radius 2 is 1.43 bits per heavy atom. The highest BCUT2D eigenvalue weighted by Gasteiger charge is 2.68. The monoisotopic (exact) mass is 604 g/mol. The van der Waals surface area contributed by atoms with Crippen LogP contribution in [0.1, 0.15) is 126 Å². The quantitative estimate of drug-likeness (QED) is 0.335. The van der Waals surface area contributed by atoms with E-state index in [0.717, 1.165) is 44.9 Å². The van der Waals surface area contributed by atoms with Crippen LogP contribution < -0.4 is 0 Å². The van der Waals surface area contributed by atoms with Crippen LogP contribution in [0.15, 0.2) is 22.8 Å². The van der Waals surface area contributed by atoms with Crippen molar-refractivity contribution in [2.75, 3.05) is 0 Å². The lowest BCUT2D eigenvalue weighted by Crippen LogP contribution is -2.63. The van der Waals surface area contributed by atoms with Gasteiger partial charge in [0, 0.05) is 0 Å². The Balaban J connectivity index is 1.52. The standard InChI is InChI=1S/C40H60O4/c1-21(2)23-11-13-27-33-26(20-30-37(27,5)15-9-18-40(30,8)36(43)44)32-24(22(3)4)12-14-28-34(32)25(31(23)33)19-29-38(28,6)16-10-17-39(29,7)35(41)42/h19,21-24,26-30,32,34H,9-18,20H2,1-8H3,(H,41,42)(H,43,44).